The first kappa shape index (κ1) is 30.2. The Balaban J connectivity index is 1.15. The molecule has 1 aromatic heterocycles. The first-order chi connectivity index (χ1) is 18.9. The van der Waals surface area contributed by atoms with Crippen molar-refractivity contribution in [1.82, 2.24) is 25.1 Å². The van der Waals surface area contributed by atoms with Crippen molar-refractivity contribution in [2.75, 3.05) is 75.2 Å². The Bertz CT molecular complexity index is 1110. The van der Waals surface area contributed by atoms with E-state index in [1.54, 1.807) is 0 Å². The fourth-order valence-corrected chi connectivity index (χ4v) is 5.16. The van der Waals surface area contributed by atoms with E-state index in [0.29, 0.717) is 38.5 Å². The molecule has 2 aliphatic heterocycles. The lowest BCUT2D eigenvalue weighted by atomic mass is 9.95. The Morgan fingerprint density at radius 1 is 0.925 bits per heavy atom. The highest BCUT2D eigenvalue weighted by Crippen LogP contribution is 2.32. The number of piperazine rings is 2. The lowest BCUT2D eigenvalue weighted by Crippen LogP contribution is -2.52. The molecule has 0 bridgehead atoms. The van der Waals surface area contributed by atoms with E-state index in [9.17, 15) is 18.0 Å². The third-order valence-electron chi connectivity index (χ3n) is 7.31. The molecular formula is C28H39ClF3N7O. The number of unbranched alkanes of at least 4 members (excludes halogenated alkanes) is 1. The van der Waals surface area contributed by atoms with Gasteiger partial charge in [-0.15, -0.1) is 0 Å². The molecule has 2 saturated heterocycles. The van der Waals surface area contributed by atoms with Gasteiger partial charge >= 0.3 is 12.2 Å². The highest BCUT2D eigenvalue weighted by atomic mass is 35.5. The van der Waals surface area contributed by atoms with Crippen molar-refractivity contribution in [2.45, 2.75) is 45.2 Å². The maximum Gasteiger partial charge on any atom is 0.433 e. The smallest absolute Gasteiger partial charge is 0.367 e. The van der Waals surface area contributed by atoms with Gasteiger partial charge in [0.1, 0.15) is 17.3 Å². The first-order valence-corrected chi connectivity index (χ1v) is 14.3. The largest absolute Gasteiger partial charge is 0.433 e. The van der Waals surface area contributed by atoms with Crippen LogP contribution in [-0.2, 0) is 11.6 Å². The van der Waals surface area contributed by atoms with Crippen LogP contribution in [0.4, 0.5) is 29.5 Å². The number of benzene rings is 1. The Labute approximate surface area is 239 Å². The van der Waals surface area contributed by atoms with Gasteiger partial charge in [-0.05, 0) is 31.5 Å². The molecule has 1 N–H and O–H groups in total. The van der Waals surface area contributed by atoms with Crippen molar-refractivity contribution in [3.63, 3.8) is 0 Å². The zero-order valence-electron chi connectivity index (χ0n) is 23.5. The molecule has 3 heterocycles. The third kappa shape index (κ3) is 7.90. The predicted molar refractivity (Wildman–Crippen MR) is 152 cm³/mol. The van der Waals surface area contributed by atoms with E-state index >= 15 is 0 Å². The Hall–Kier alpha value is -2.79. The van der Waals surface area contributed by atoms with Gasteiger partial charge in [0.15, 0.2) is 0 Å². The molecule has 0 aliphatic carbocycles. The van der Waals surface area contributed by atoms with Crippen LogP contribution in [0.1, 0.15) is 45.1 Å². The van der Waals surface area contributed by atoms with E-state index in [0.717, 1.165) is 62.3 Å². The molecule has 0 spiro atoms. The van der Waals surface area contributed by atoms with E-state index < -0.39 is 17.3 Å². The fourth-order valence-electron chi connectivity index (χ4n) is 4.90. The standard InChI is InChI=1S/C28H39ClF3N7O/c1-27(2,3)25-34-23(28(30,31)32)20-24(35-25)38-14-12-36(13-15-38)11-7-6-10-33-26(40)39-18-16-37(17-19-39)22-9-5-4-8-21(22)29/h4-5,8-9,20H,6-7,10-19H2,1-3H3,(H,33,40). The summed E-state index contributed by atoms with van der Waals surface area (Å²) < 4.78 is 40.4. The Kier molecular flexibility index (Phi) is 9.66. The Morgan fingerprint density at radius 3 is 2.20 bits per heavy atom. The van der Waals surface area contributed by atoms with Gasteiger partial charge in [0.2, 0.25) is 0 Å². The fraction of sp³-hybridized carbons (Fsp3) is 0.607. The van der Waals surface area contributed by atoms with Gasteiger partial charge in [-0.2, -0.15) is 13.2 Å². The minimum atomic E-state index is -4.51. The summed E-state index contributed by atoms with van der Waals surface area (Å²) in [5.74, 6) is 0.534. The normalized spacial score (nSPS) is 17.3. The first-order valence-electron chi connectivity index (χ1n) is 13.9. The maximum absolute atomic E-state index is 13.5. The Morgan fingerprint density at radius 2 is 1.57 bits per heavy atom. The number of nitrogens with zero attached hydrogens (tertiary/aromatic N) is 6. The summed E-state index contributed by atoms with van der Waals surface area (Å²) in [7, 11) is 0. The summed E-state index contributed by atoms with van der Waals surface area (Å²) in [6, 6.07) is 8.78. The molecule has 0 atom stereocenters. The minimum Gasteiger partial charge on any atom is -0.367 e. The number of amides is 2. The van der Waals surface area contributed by atoms with Crippen molar-refractivity contribution in [3.8, 4) is 0 Å². The molecule has 1 aromatic carbocycles. The second kappa shape index (κ2) is 12.8. The number of carbonyl (C=O) groups excluding carboxylic acids is 1. The molecule has 0 unspecified atom stereocenters. The van der Waals surface area contributed by atoms with E-state index in [2.05, 4.69) is 25.1 Å². The minimum absolute atomic E-state index is 0.0369. The van der Waals surface area contributed by atoms with Crippen LogP contribution in [0.15, 0.2) is 30.3 Å². The third-order valence-corrected chi connectivity index (χ3v) is 7.63. The number of rotatable bonds is 7. The van der Waals surface area contributed by atoms with E-state index in [-0.39, 0.29) is 11.9 Å². The molecule has 0 radical (unpaired) electrons. The second-order valence-corrected chi connectivity index (χ2v) is 11.8. The summed E-state index contributed by atoms with van der Waals surface area (Å²) in [6.07, 6.45) is -2.72. The molecule has 40 heavy (non-hydrogen) atoms. The molecule has 2 aromatic rings. The molecule has 220 valence electrons. The molecule has 8 nitrogen and oxygen atoms in total. The van der Waals surface area contributed by atoms with E-state index in [1.807, 2.05) is 54.8 Å². The molecule has 0 saturated carbocycles. The van der Waals surface area contributed by atoms with Crippen LogP contribution in [-0.4, -0.2) is 91.2 Å². The van der Waals surface area contributed by atoms with Crippen LogP contribution in [0.5, 0.6) is 0 Å². The van der Waals surface area contributed by atoms with Gasteiger partial charge < -0.3 is 20.0 Å². The number of hydrogen-bond acceptors (Lipinski definition) is 6. The number of nitrogens with one attached hydrogen (secondary N) is 1. The average molecular weight is 582 g/mol. The van der Waals surface area contributed by atoms with Crippen LogP contribution in [0.3, 0.4) is 0 Å². The summed E-state index contributed by atoms with van der Waals surface area (Å²) in [4.78, 5) is 29.1. The van der Waals surface area contributed by atoms with Crippen molar-refractivity contribution in [3.05, 3.63) is 46.9 Å². The van der Waals surface area contributed by atoms with Crippen LogP contribution < -0.4 is 15.1 Å². The zero-order valence-corrected chi connectivity index (χ0v) is 24.2. The summed E-state index contributed by atoms with van der Waals surface area (Å²) in [5.41, 5.74) is -0.477. The predicted octanol–water partition coefficient (Wildman–Crippen LogP) is 4.88. The number of alkyl halides is 3. The second-order valence-electron chi connectivity index (χ2n) is 11.4. The summed E-state index contributed by atoms with van der Waals surface area (Å²) in [5, 5.41) is 3.75. The molecular weight excluding hydrogens is 543 g/mol. The number of hydrogen-bond donors (Lipinski definition) is 1. The number of anilines is 2. The number of carbonyl (C=O) groups is 1. The average Bonchev–Trinajstić information content (AvgIpc) is 2.92. The number of urea groups is 1. The van der Waals surface area contributed by atoms with Crippen molar-refractivity contribution >= 4 is 29.1 Å². The highest BCUT2D eigenvalue weighted by Gasteiger charge is 2.36. The molecule has 2 amide bonds. The van der Waals surface area contributed by atoms with Gasteiger partial charge in [-0.3, -0.25) is 4.90 Å². The summed E-state index contributed by atoms with van der Waals surface area (Å²) >= 11 is 6.30. The van der Waals surface area contributed by atoms with Gasteiger partial charge in [0, 0.05) is 70.4 Å². The van der Waals surface area contributed by atoms with Gasteiger partial charge in [0.25, 0.3) is 0 Å². The van der Waals surface area contributed by atoms with Crippen molar-refractivity contribution < 1.29 is 18.0 Å². The highest BCUT2D eigenvalue weighted by molar-refractivity contribution is 6.33. The molecule has 12 heteroatoms. The molecule has 4 rings (SSSR count). The van der Waals surface area contributed by atoms with Crippen LogP contribution in [0.2, 0.25) is 5.02 Å². The molecule has 2 fully saturated rings. The van der Waals surface area contributed by atoms with Gasteiger partial charge in [-0.1, -0.05) is 44.5 Å². The number of para-hydroxylation sites is 1. The zero-order chi connectivity index (χ0) is 28.9. The van der Waals surface area contributed by atoms with Crippen molar-refractivity contribution in [2.24, 2.45) is 0 Å². The number of halogens is 4. The quantitative estimate of drug-likeness (QED) is 0.470. The van der Waals surface area contributed by atoms with Gasteiger partial charge in [-0.25, -0.2) is 14.8 Å². The lowest BCUT2D eigenvalue weighted by molar-refractivity contribution is -0.141. The van der Waals surface area contributed by atoms with Gasteiger partial charge in [0.05, 0.1) is 10.7 Å². The van der Waals surface area contributed by atoms with E-state index in [4.69, 9.17) is 11.6 Å². The van der Waals surface area contributed by atoms with E-state index in [1.165, 1.54) is 0 Å². The molecule has 2 aliphatic rings. The SMILES string of the molecule is CC(C)(C)c1nc(N2CCN(CCCCNC(=O)N3CCN(c4ccccc4Cl)CC3)CC2)cc(C(F)(F)F)n1. The summed E-state index contributed by atoms with van der Waals surface area (Å²) in [6.45, 7) is 12.4. The lowest BCUT2D eigenvalue weighted by Gasteiger charge is -2.36. The topological polar surface area (TPSA) is 67.8 Å². The van der Waals surface area contributed by atoms with Crippen LogP contribution in [0.25, 0.3) is 0 Å². The van der Waals surface area contributed by atoms with Crippen molar-refractivity contribution in [1.29, 1.82) is 0 Å². The van der Waals surface area contributed by atoms with Crippen LogP contribution in [0, 0.1) is 0 Å². The maximum atomic E-state index is 13.5. The number of aromatic nitrogens is 2. The van der Waals surface area contributed by atoms with Crippen LogP contribution >= 0.6 is 11.6 Å². The monoisotopic (exact) mass is 581 g/mol.